The third-order valence-corrected chi connectivity index (χ3v) is 2.75. The summed E-state index contributed by atoms with van der Waals surface area (Å²) in [6.07, 6.45) is 0. The average Bonchev–Trinajstić information content (AvgIpc) is 2.56. The van der Waals surface area contributed by atoms with E-state index < -0.39 is 0 Å². The second kappa shape index (κ2) is 3.84. The number of nitrogens with zero attached hydrogens (tertiary/aromatic N) is 1. The van der Waals surface area contributed by atoms with Crippen molar-refractivity contribution in [3.05, 3.63) is 29.3 Å². The number of hydrogen-bond donors (Lipinski definition) is 2. The molecule has 84 valence electrons. The van der Waals surface area contributed by atoms with E-state index in [4.69, 9.17) is 5.73 Å². The summed E-state index contributed by atoms with van der Waals surface area (Å²) in [5.74, 6) is -0.202. The Bertz CT molecular complexity index is 441. The molecule has 0 spiro atoms. The van der Waals surface area contributed by atoms with Crippen molar-refractivity contribution in [2.75, 3.05) is 12.3 Å². The van der Waals surface area contributed by atoms with Crippen LogP contribution in [0.5, 0.6) is 0 Å². The van der Waals surface area contributed by atoms with Crippen LogP contribution in [0.25, 0.3) is 0 Å². The van der Waals surface area contributed by atoms with Gasteiger partial charge in [-0.2, -0.15) is 0 Å². The van der Waals surface area contributed by atoms with Gasteiger partial charge in [0.1, 0.15) is 0 Å². The highest BCUT2D eigenvalue weighted by Gasteiger charge is 2.28. The van der Waals surface area contributed by atoms with Crippen LogP contribution in [-0.2, 0) is 11.3 Å². The molecule has 3 amide bonds. The molecular formula is C11H13N3O2. The van der Waals surface area contributed by atoms with Crippen molar-refractivity contribution in [3.63, 3.8) is 0 Å². The number of amides is 3. The SMILES string of the molecule is Cc1c(N)cccc1CN1C(=O)CNC1=O. The molecule has 1 aromatic rings. The Labute approximate surface area is 93.2 Å². The quantitative estimate of drug-likeness (QED) is 0.566. The molecule has 1 fully saturated rings. The largest absolute Gasteiger partial charge is 0.399 e. The second-order valence-corrected chi connectivity index (χ2v) is 3.77. The zero-order chi connectivity index (χ0) is 11.7. The summed E-state index contributed by atoms with van der Waals surface area (Å²) < 4.78 is 0. The van der Waals surface area contributed by atoms with Crippen LogP contribution >= 0.6 is 0 Å². The molecule has 2 rings (SSSR count). The Kier molecular flexibility index (Phi) is 2.52. The number of nitrogens with one attached hydrogen (secondary N) is 1. The number of nitrogens with two attached hydrogens (primary N) is 1. The molecule has 16 heavy (non-hydrogen) atoms. The van der Waals surface area contributed by atoms with Crippen molar-refractivity contribution in [2.24, 2.45) is 0 Å². The minimum Gasteiger partial charge on any atom is -0.399 e. The highest BCUT2D eigenvalue weighted by molar-refractivity contribution is 6.01. The molecule has 0 radical (unpaired) electrons. The molecule has 0 bridgehead atoms. The molecule has 5 heteroatoms. The first-order valence-corrected chi connectivity index (χ1v) is 5.02. The predicted octanol–water partition coefficient (Wildman–Crippen LogP) is 0.629. The highest BCUT2D eigenvalue weighted by atomic mass is 16.2. The normalized spacial score (nSPS) is 15.4. The lowest BCUT2D eigenvalue weighted by Gasteiger charge is -2.15. The minimum atomic E-state index is -0.341. The molecule has 0 aromatic heterocycles. The number of hydrogen-bond acceptors (Lipinski definition) is 3. The molecule has 1 aromatic carbocycles. The van der Waals surface area contributed by atoms with Crippen LogP contribution in [0.2, 0.25) is 0 Å². The molecule has 1 heterocycles. The standard InChI is InChI=1S/C11H13N3O2/c1-7-8(3-2-4-9(7)12)6-14-10(15)5-13-11(14)16/h2-4H,5-6,12H2,1H3,(H,13,16). The van der Waals surface area contributed by atoms with Gasteiger partial charge in [-0.15, -0.1) is 0 Å². The summed E-state index contributed by atoms with van der Waals surface area (Å²) >= 11 is 0. The van der Waals surface area contributed by atoms with E-state index in [-0.39, 0.29) is 25.0 Å². The van der Waals surface area contributed by atoms with Crippen molar-refractivity contribution >= 4 is 17.6 Å². The molecule has 0 unspecified atom stereocenters. The number of anilines is 1. The second-order valence-electron chi connectivity index (χ2n) is 3.77. The lowest BCUT2D eigenvalue weighted by molar-refractivity contribution is -0.125. The summed E-state index contributed by atoms with van der Waals surface area (Å²) in [6.45, 7) is 2.24. The van der Waals surface area contributed by atoms with E-state index >= 15 is 0 Å². The molecule has 0 aliphatic carbocycles. The van der Waals surface area contributed by atoms with Gasteiger partial charge in [0.15, 0.2) is 0 Å². The lowest BCUT2D eigenvalue weighted by Crippen LogP contribution is -2.30. The van der Waals surface area contributed by atoms with Crippen molar-refractivity contribution in [1.29, 1.82) is 0 Å². The third-order valence-electron chi connectivity index (χ3n) is 2.75. The first kappa shape index (κ1) is 10.5. The zero-order valence-electron chi connectivity index (χ0n) is 8.99. The topological polar surface area (TPSA) is 75.4 Å². The average molecular weight is 219 g/mol. The van der Waals surface area contributed by atoms with Crippen LogP contribution < -0.4 is 11.1 Å². The Morgan fingerprint density at radius 1 is 1.44 bits per heavy atom. The van der Waals surface area contributed by atoms with Gasteiger partial charge < -0.3 is 11.1 Å². The van der Waals surface area contributed by atoms with Crippen LogP contribution in [0.1, 0.15) is 11.1 Å². The zero-order valence-corrected chi connectivity index (χ0v) is 8.99. The molecule has 1 aliphatic rings. The van der Waals surface area contributed by atoms with Gasteiger partial charge in [0.25, 0.3) is 0 Å². The minimum absolute atomic E-state index is 0.0835. The predicted molar refractivity (Wildman–Crippen MR) is 59.5 cm³/mol. The summed E-state index contributed by atoms with van der Waals surface area (Å²) in [6, 6.07) is 5.14. The molecule has 0 atom stereocenters. The number of carbonyl (C=O) groups is 2. The number of carbonyl (C=O) groups excluding carboxylic acids is 2. The van der Waals surface area contributed by atoms with E-state index in [0.29, 0.717) is 5.69 Å². The Hall–Kier alpha value is -2.04. The van der Waals surface area contributed by atoms with Gasteiger partial charge in [0.2, 0.25) is 5.91 Å². The fourth-order valence-electron chi connectivity index (χ4n) is 1.66. The number of urea groups is 1. The molecule has 1 aliphatic heterocycles. The van der Waals surface area contributed by atoms with E-state index in [1.807, 2.05) is 19.1 Å². The molecular weight excluding hydrogens is 206 g/mol. The monoisotopic (exact) mass is 219 g/mol. The lowest BCUT2D eigenvalue weighted by atomic mass is 10.1. The van der Waals surface area contributed by atoms with E-state index in [9.17, 15) is 9.59 Å². The smallest absolute Gasteiger partial charge is 0.324 e. The van der Waals surface area contributed by atoms with Gasteiger partial charge in [0.05, 0.1) is 13.1 Å². The van der Waals surface area contributed by atoms with Crippen molar-refractivity contribution in [2.45, 2.75) is 13.5 Å². The van der Waals surface area contributed by atoms with Crippen LogP contribution in [0, 0.1) is 6.92 Å². The number of imide groups is 1. The Morgan fingerprint density at radius 2 is 2.19 bits per heavy atom. The van der Waals surface area contributed by atoms with Gasteiger partial charge in [0, 0.05) is 5.69 Å². The molecule has 3 N–H and O–H groups in total. The summed E-state index contributed by atoms with van der Waals surface area (Å²) in [5.41, 5.74) is 8.24. The Morgan fingerprint density at radius 3 is 2.81 bits per heavy atom. The fourth-order valence-corrected chi connectivity index (χ4v) is 1.66. The first-order chi connectivity index (χ1) is 7.59. The maximum atomic E-state index is 11.4. The summed E-state index contributed by atoms with van der Waals surface area (Å²) in [7, 11) is 0. The number of nitrogen functional groups attached to an aromatic ring is 1. The Balaban J connectivity index is 2.24. The van der Waals surface area contributed by atoms with E-state index in [1.54, 1.807) is 6.07 Å². The van der Waals surface area contributed by atoms with E-state index in [1.165, 1.54) is 4.90 Å². The van der Waals surface area contributed by atoms with Gasteiger partial charge in [-0.25, -0.2) is 4.79 Å². The van der Waals surface area contributed by atoms with Crippen molar-refractivity contribution in [1.82, 2.24) is 10.2 Å². The molecule has 0 saturated carbocycles. The third kappa shape index (κ3) is 1.71. The van der Waals surface area contributed by atoms with Gasteiger partial charge in [-0.05, 0) is 24.1 Å². The van der Waals surface area contributed by atoms with Gasteiger partial charge in [-0.3, -0.25) is 9.69 Å². The molecule has 1 saturated heterocycles. The van der Waals surface area contributed by atoms with Gasteiger partial charge in [-0.1, -0.05) is 12.1 Å². The van der Waals surface area contributed by atoms with Crippen molar-refractivity contribution < 1.29 is 9.59 Å². The number of rotatable bonds is 2. The van der Waals surface area contributed by atoms with E-state index in [0.717, 1.165) is 11.1 Å². The van der Waals surface area contributed by atoms with Crippen LogP contribution in [0.3, 0.4) is 0 Å². The van der Waals surface area contributed by atoms with Crippen LogP contribution in [-0.4, -0.2) is 23.4 Å². The summed E-state index contributed by atoms with van der Waals surface area (Å²) in [5, 5.41) is 2.48. The fraction of sp³-hybridized carbons (Fsp3) is 0.273. The number of benzene rings is 1. The van der Waals surface area contributed by atoms with E-state index in [2.05, 4.69) is 5.32 Å². The van der Waals surface area contributed by atoms with Gasteiger partial charge >= 0.3 is 6.03 Å². The maximum absolute atomic E-state index is 11.4. The summed E-state index contributed by atoms with van der Waals surface area (Å²) in [4.78, 5) is 23.9. The first-order valence-electron chi connectivity index (χ1n) is 5.02. The highest BCUT2D eigenvalue weighted by Crippen LogP contribution is 2.18. The van der Waals surface area contributed by atoms with Crippen LogP contribution in [0.4, 0.5) is 10.5 Å². The van der Waals surface area contributed by atoms with Crippen molar-refractivity contribution in [3.8, 4) is 0 Å². The molecule has 5 nitrogen and oxygen atoms in total. The maximum Gasteiger partial charge on any atom is 0.324 e. The van der Waals surface area contributed by atoms with Crippen LogP contribution in [0.15, 0.2) is 18.2 Å².